The van der Waals surface area contributed by atoms with Crippen LogP contribution in [0.2, 0.25) is 0 Å². The van der Waals surface area contributed by atoms with Crippen LogP contribution in [0.3, 0.4) is 0 Å². The van der Waals surface area contributed by atoms with Crippen LogP contribution in [0.15, 0.2) is 11.6 Å². The third-order valence-electron chi connectivity index (χ3n) is 8.32. The molecule has 0 radical (unpaired) electrons. The van der Waals surface area contributed by atoms with E-state index in [2.05, 4.69) is 0 Å². The first-order valence-corrected chi connectivity index (χ1v) is 12.9. The smallest absolute Gasteiger partial charge is 0.340 e. The van der Waals surface area contributed by atoms with Crippen LogP contribution in [0.5, 0.6) is 0 Å². The molecule has 3 aliphatic rings. The molecule has 3 rings (SSSR count). The van der Waals surface area contributed by atoms with E-state index in [1.807, 2.05) is 29.5 Å². The summed E-state index contributed by atoms with van der Waals surface area (Å²) in [6.07, 6.45) is -4.85. The van der Waals surface area contributed by atoms with Crippen molar-refractivity contribution >= 4 is 34.5 Å². The van der Waals surface area contributed by atoms with Gasteiger partial charge in [-0.2, -0.15) is 0 Å². The molecule has 9 nitrogen and oxygen atoms in total. The molecule has 2 aliphatic carbocycles. The second kappa shape index (κ2) is 9.59. The van der Waals surface area contributed by atoms with Crippen LogP contribution in [0.4, 0.5) is 0 Å². The largest absolute Gasteiger partial charge is 0.459 e. The molecule has 1 saturated carbocycles. The molecule has 1 aliphatic heterocycles. The topological polar surface area (TPSA) is 154 Å². The fourth-order valence-electron chi connectivity index (χ4n) is 6.06. The van der Waals surface area contributed by atoms with E-state index in [9.17, 15) is 35.1 Å². The quantitative estimate of drug-likeness (QED) is 0.139. The van der Waals surface area contributed by atoms with Gasteiger partial charge in [-0.3, -0.25) is 4.79 Å². The Bertz CT molecular complexity index is 844. The standard InChI is InChI=1S/C24H37IO9/c1-6-7-17(28)33-14-8-11(2)9-16-24(25,23(5,32)21(31)34-16)20(30)18-12(3)13(26)10-15(27)22(18,4)19(14)29/h9,12-16,18-20,26-27,29-30,32H,6-8,10H2,1-5H3/b11-9-/t12-,13-,14-,15-,16-,18+,19-,20-,22-,23?,24-/m0/s1. The van der Waals surface area contributed by atoms with Gasteiger partial charge in [0.15, 0.2) is 5.60 Å². The zero-order chi connectivity index (χ0) is 25.8. The zero-order valence-electron chi connectivity index (χ0n) is 20.3. The SMILES string of the molecule is CCCC(=O)O[C@H]1C/C(C)=C\[C@@H]2OC(=O)C(C)(O)[C@@]2(I)[C@@H](O)[C@H]2[C@@H](C)[C@@H](O)C[C@H](O)[C@]2(C)[C@H]1O. The maximum Gasteiger partial charge on any atom is 0.340 e. The van der Waals surface area contributed by atoms with Crippen LogP contribution in [0.1, 0.15) is 60.3 Å². The number of alkyl halides is 1. The van der Waals surface area contributed by atoms with Gasteiger partial charge in [0.05, 0.1) is 24.4 Å². The summed E-state index contributed by atoms with van der Waals surface area (Å²) >= 11 is 1.85. The van der Waals surface area contributed by atoms with Gasteiger partial charge in [-0.25, -0.2) is 4.79 Å². The number of hydrogen-bond donors (Lipinski definition) is 5. The summed E-state index contributed by atoms with van der Waals surface area (Å²) in [5.74, 6) is -3.00. The molecule has 0 aromatic carbocycles. The first-order chi connectivity index (χ1) is 15.6. The normalized spacial score (nSPS) is 50.9. The summed E-state index contributed by atoms with van der Waals surface area (Å²) in [6.45, 7) is 8.13. The molecular formula is C24H37IO9. The van der Waals surface area contributed by atoms with Crippen LogP contribution >= 0.6 is 22.6 Å². The first-order valence-electron chi connectivity index (χ1n) is 11.8. The van der Waals surface area contributed by atoms with E-state index in [4.69, 9.17) is 9.47 Å². The minimum absolute atomic E-state index is 0.0497. The first kappa shape index (κ1) is 27.8. The number of carbonyl (C=O) groups is 2. The van der Waals surface area contributed by atoms with Crippen molar-refractivity contribution < 1.29 is 44.6 Å². The molecule has 5 N–H and O–H groups in total. The van der Waals surface area contributed by atoms with E-state index in [1.54, 1.807) is 26.8 Å². The molecule has 10 heteroatoms. The van der Waals surface area contributed by atoms with Crippen molar-refractivity contribution in [2.75, 3.05) is 0 Å². The number of aliphatic hydroxyl groups is 5. The molecule has 0 spiro atoms. The molecule has 11 atom stereocenters. The Labute approximate surface area is 213 Å². The molecule has 2 fully saturated rings. The van der Waals surface area contributed by atoms with Crippen molar-refractivity contribution in [2.24, 2.45) is 17.3 Å². The summed E-state index contributed by atoms with van der Waals surface area (Å²) in [5.41, 5.74) is -2.91. The van der Waals surface area contributed by atoms with Crippen molar-refractivity contribution in [1.29, 1.82) is 0 Å². The van der Waals surface area contributed by atoms with Gasteiger partial charge in [-0.05, 0) is 32.3 Å². The monoisotopic (exact) mass is 596 g/mol. The maximum atomic E-state index is 12.7. The maximum absolute atomic E-state index is 12.7. The fraction of sp³-hybridized carbons (Fsp3) is 0.833. The van der Waals surface area contributed by atoms with Gasteiger partial charge < -0.3 is 35.0 Å². The predicted molar refractivity (Wildman–Crippen MR) is 130 cm³/mol. The van der Waals surface area contributed by atoms with E-state index in [0.717, 1.165) is 0 Å². The molecule has 0 bridgehead atoms. The number of ether oxygens (including phenoxy) is 2. The van der Waals surface area contributed by atoms with E-state index in [1.165, 1.54) is 6.92 Å². The highest BCUT2D eigenvalue weighted by atomic mass is 127. The van der Waals surface area contributed by atoms with Crippen molar-refractivity contribution in [3.8, 4) is 0 Å². The Morgan fingerprint density at radius 2 is 1.85 bits per heavy atom. The van der Waals surface area contributed by atoms with Crippen LogP contribution in [0.25, 0.3) is 0 Å². The molecule has 0 aromatic heterocycles. The van der Waals surface area contributed by atoms with Gasteiger partial charge in [0.1, 0.15) is 15.6 Å². The summed E-state index contributed by atoms with van der Waals surface area (Å²) < 4.78 is 9.59. The second-order valence-electron chi connectivity index (χ2n) is 10.6. The van der Waals surface area contributed by atoms with Gasteiger partial charge in [-0.1, -0.05) is 48.9 Å². The number of halogens is 1. The van der Waals surface area contributed by atoms with Crippen LogP contribution in [-0.2, 0) is 19.1 Å². The molecular weight excluding hydrogens is 559 g/mol. The highest BCUT2D eigenvalue weighted by Crippen LogP contribution is 2.57. The Balaban J connectivity index is 2.23. The van der Waals surface area contributed by atoms with Crippen molar-refractivity contribution in [2.45, 2.75) is 106 Å². The van der Waals surface area contributed by atoms with E-state index in [0.29, 0.717) is 12.0 Å². The number of aliphatic hydroxyl groups excluding tert-OH is 4. The van der Waals surface area contributed by atoms with Gasteiger partial charge in [0, 0.05) is 30.6 Å². The van der Waals surface area contributed by atoms with Crippen molar-refractivity contribution in [3.63, 3.8) is 0 Å². The van der Waals surface area contributed by atoms with E-state index >= 15 is 0 Å². The molecule has 1 heterocycles. The third kappa shape index (κ3) is 4.11. The number of carbonyl (C=O) groups excluding carboxylic acids is 2. The lowest BCUT2D eigenvalue weighted by Crippen LogP contribution is -2.69. The number of esters is 2. The van der Waals surface area contributed by atoms with Gasteiger partial charge in [-0.15, -0.1) is 0 Å². The molecule has 0 amide bonds. The molecule has 34 heavy (non-hydrogen) atoms. The average molecular weight is 596 g/mol. The van der Waals surface area contributed by atoms with E-state index < -0.39 is 74.8 Å². The van der Waals surface area contributed by atoms with Crippen molar-refractivity contribution in [3.05, 3.63) is 11.6 Å². The predicted octanol–water partition coefficient (Wildman–Crippen LogP) is 1.00. The lowest BCUT2D eigenvalue weighted by atomic mass is 9.53. The Morgan fingerprint density at radius 3 is 2.44 bits per heavy atom. The van der Waals surface area contributed by atoms with Gasteiger partial charge >= 0.3 is 11.9 Å². The molecule has 1 unspecified atom stereocenters. The highest BCUT2D eigenvalue weighted by molar-refractivity contribution is 14.1. The third-order valence-corrected chi connectivity index (χ3v) is 10.6. The summed E-state index contributed by atoms with van der Waals surface area (Å²) in [5, 5.41) is 56.6. The summed E-state index contributed by atoms with van der Waals surface area (Å²) in [6, 6.07) is 0. The lowest BCUT2D eigenvalue weighted by Gasteiger charge is -2.57. The zero-order valence-corrected chi connectivity index (χ0v) is 22.4. The number of fused-ring (bicyclic) bond motifs is 2. The Kier molecular flexibility index (Phi) is 7.84. The minimum Gasteiger partial charge on any atom is -0.459 e. The summed E-state index contributed by atoms with van der Waals surface area (Å²) in [7, 11) is 0. The fourth-order valence-corrected chi connectivity index (χ4v) is 6.98. The average Bonchev–Trinajstić information content (AvgIpc) is 2.91. The summed E-state index contributed by atoms with van der Waals surface area (Å²) in [4.78, 5) is 25.1. The molecule has 1 saturated heterocycles. The minimum atomic E-state index is -2.08. The van der Waals surface area contributed by atoms with Crippen LogP contribution in [-0.4, -0.2) is 83.1 Å². The van der Waals surface area contributed by atoms with Crippen LogP contribution in [0, 0.1) is 17.3 Å². The molecule has 194 valence electrons. The lowest BCUT2D eigenvalue weighted by molar-refractivity contribution is -0.225. The second-order valence-corrected chi connectivity index (χ2v) is 12.4. The number of hydrogen-bond acceptors (Lipinski definition) is 9. The van der Waals surface area contributed by atoms with E-state index in [-0.39, 0.29) is 19.3 Å². The number of rotatable bonds is 3. The highest BCUT2D eigenvalue weighted by Gasteiger charge is 2.71. The Hall–Kier alpha value is -0.790. The van der Waals surface area contributed by atoms with Crippen LogP contribution < -0.4 is 0 Å². The van der Waals surface area contributed by atoms with Gasteiger partial charge in [0.25, 0.3) is 0 Å². The molecule has 0 aromatic rings. The van der Waals surface area contributed by atoms with Gasteiger partial charge in [0.2, 0.25) is 0 Å². The van der Waals surface area contributed by atoms with Crippen molar-refractivity contribution in [1.82, 2.24) is 0 Å². The Morgan fingerprint density at radius 1 is 1.24 bits per heavy atom.